The molecule has 1 amide bonds. The first-order valence-electron chi connectivity index (χ1n) is 7.01. The van der Waals surface area contributed by atoms with Crippen LogP contribution in [0.5, 0.6) is 0 Å². The van der Waals surface area contributed by atoms with Gasteiger partial charge in [0.25, 0.3) is 0 Å². The monoisotopic (exact) mass is 287 g/mol. The lowest BCUT2D eigenvalue weighted by atomic mass is 10.1. The summed E-state index contributed by atoms with van der Waals surface area (Å²) >= 11 is 0. The van der Waals surface area contributed by atoms with Crippen LogP contribution < -0.4 is 11.1 Å². The quantitative estimate of drug-likeness (QED) is 0.828. The zero-order valence-corrected chi connectivity index (χ0v) is 12.4. The van der Waals surface area contributed by atoms with Crippen molar-refractivity contribution in [3.05, 3.63) is 48.0 Å². The molecule has 3 N–H and O–H groups in total. The molecule has 0 spiro atoms. The number of carbonyl (C=O) groups excluding carboxylic acids is 1. The van der Waals surface area contributed by atoms with Gasteiger partial charge in [0.05, 0.1) is 12.1 Å². The molecule has 0 bridgehead atoms. The smallest absolute Gasteiger partial charge is 0.237 e. The third-order valence-corrected chi connectivity index (χ3v) is 3.42. The van der Waals surface area contributed by atoms with Crippen molar-refractivity contribution in [1.82, 2.24) is 20.1 Å². The van der Waals surface area contributed by atoms with Crippen molar-refractivity contribution in [2.45, 2.75) is 31.8 Å². The van der Waals surface area contributed by atoms with Gasteiger partial charge in [-0.2, -0.15) is 0 Å². The molecule has 2 rings (SSSR count). The van der Waals surface area contributed by atoms with Gasteiger partial charge in [0.15, 0.2) is 5.82 Å². The van der Waals surface area contributed by atoms with Crippen molar-refractivity contribution in [2.75, 3.05) is 0 Å². The van der Waals surface area contributed by atoms with Crippen molar-refractivity contribution in [3.63, 3.8) is 0 Å². The Morgan fingerprint density at radius 3 is 2.71 bits per heavy atom. The van der Waals surface area contributed by atoms with Gasteiger partial charge in [-0.15, -0.1) is 10.2 Å². The third kappa shape index (κ3) is 4.13. The number of hydrogen-bond donors (Lipinski definition) is 2. The molecule has 0 radical (unpaired) electrons. The van der Waals surface area contributed by atoms with Gasteiger partial charge in [0, 0.05) is 7.05 Å². The van der Waals surface area contributed by atoms with E-state index in [2.05, 4.69) is 15.5 Å². The SMILES string of the molecule is CC(NC(=O)[C@@H](N)CCc1ccccc1)c1nncn1C. The molecule has 1 aromatic carbocycles. The Balaban J connectivity index is 1.84. The number of benzene rings is 1. The Kier molecular flexibility index (Phi) is 5.05. The number of carbonyl (C=O) groups is 1. The summed E-state index contributed by atoms with van der Waals surface area (Å²) < 4.78 is 1.78. The number of hydrogen-bond acceptors (Lipinski definition) is 4. The second-order valence-corrected chi connectivity index (χ2v) is 5.16. The first kappa shape index (κ1) is 15.2. The van der Waals surface area contributed by atoms with Gasteiger partial charge in [0.1, 0.15) is 6.33 Å². The van der Waals surface area contributed by atoms with Crippen LogP contribution >= 0.6 is 0 Å². The highest BCUT2D eigenvalue weighted by molar-refractivity contribution is 5.81. The molecule has 0 saturated heterocycles. The van der Waals surface area contributed by atoms with E-state index in [1.54, 1.807) is 10.9 Å². The topological polar surface area (TPSA) is 85.8 Å². The summed E-state index contributed by atoms with van der Waals surface area (Å²) in [5.41, 5.74) is 7.13. The molecule has 1 aromatic heterocycles. The van der Waals surface area contributed by atoms with Gasteiger partial charge in [-0.3, -0.25) is 4.79 Å². The molecule has 6 nitrogen and oxygen atoms in total. The summed E-state index contributed by atoms with van der Waals surface area (Å²) in [5.74, 6) is 0.542. The molecule has 0 saturated carbocycles. The van der Waals surface area contributed by atoms with Crippen LogP contribution in [0.3, 0.4) is 0 Å². The fourth-order valence-corrected chi connectivity index (χ4v) is 2.17. The van der Waals surface area contributed by atoms with Crippen LogP contribution in [0.2, 0.25) is 0 Å². The number of aromatic nitrogens is 3. The molecular formula is C15H21N5O. The summed E-state index contributed by atoms with van der Waals surface area (Å²) in [6.07, 6.45) is 3.00. The van der Waals surface area contributed by atoms with E-state index in [1.165, 1.54) is 5.56 Å². The molecular weight excluding hydrogens is 266 g/mol. The Labute approximate surface area is 124 Å². The van der Waals surface area contributed by atoms with Gasteiger partial charge in [-0.1, -0.05) is 30.3 Å². The molecule has 0 fully saturated rings. The molecule has 0 aliphatic carbocycles. The summed E-state index contributed by atoms with van der Waals surface area (Å²) in [5, 5.41) is 10.7. The maximum atomic E-state index is 12.1. The molecule has 21 heavy (non-hydrogen) atoms. The summed E-state index contributed by atoms with van der Waals surface area (Å²) in [6.45, 7) is 1.87. The standard InChI is InChI=1S/C15H21N5O/c1-11(14-19-17-10-20(14)2)18-15(21)13(16)9-8-12-6-4-3-5-7-12/h3-7,10-11,13H,8-9,16H2,1-2H3,(H,18,21)/t11?,13-/m0/s1. The molecule has 0 aliphatic heterocycles. The van der Waals surface area contributed by atoms with Crippen molar-refractivity contribution in [1.29, 1.82) is 0 Å². The Morgan fingerprint density at radius 1 is 1.38 bits per heavy atom. The van der Waals surface area contributed by atoms with E-state index in [4.69, 9.17) is 5.73 Å². The summed E-state index contributed by atoms with van der Waals surface area (Å²) in [6, 6.07) is 9.26. The number of nitrogens with zero attached hydrogens (tertiary/aromatic N) is 3. The second-order valence-electron chi connectivity index (χ2n) is 5.16. The molecule has 0 aliphatic rings. The van der Waals surface area contributed by atoms with Gasteiger partial charge in [-0.05, 0) is 25.3 Å². The lowest BCUT2D eigenvalue weighted by Gasteiger charge is -2.17. The van der Waals surface area contributed by atoms with Crippen LogP contribution in [0.4, 0.5) is 0 Å². The molecule has 2 atom stereocenters. The minimum atomic E-state index is -0.527. The molecule has 6 heteroatoms. The maximum Gasteiger partial charge on any atom is 0.237 e. The van der Waals surface area contributed by atoms with Crippen molar-refractivity contribution in [3.8, 4) is 0 Å². The average molecular weight is 287 g/mol. The van der Waals surface area contributed by atoms with Gasteiger partial charge < -0.3 is 15.6 Å². The van der Waals surface area contributed by atoms with Gasteiger partial charge >= 0.3 is 0 Å². The molecule has 112 valence electrons. The average Bonchev–Trinajstić information content (AvgIpc) is 2.92. The third-order valence-electron chi connectivity index (χ3n) is 3.42. The zero-order chi connectivity index (χ0) is 15.2. The Morgan fingerprint density at radius 2 is 2.10 bits per heavy atom. The zero-order valence-electron chi connectivity index (χ0n) is 12.4. The predicted molar refractivity (Wildman–Crippen MR) is 80.3 cm³/mol. The normalized spacial score (nSPS) is 13.7. The maximum absolute atomic E-state index is 12.1. The number of amides is 1. The number of nitrogens with one attached hydrogen (secondary N) is 1. The van der Waals surface area contributed by atoms with Gasteiger partial charge in [-0.25, -0.2) is 0 Å². The summed E-state index contributed by atoms with van der Waals surface area (Å²) in [7, 11) is 1.84. The van der Waals surface area contributed by atoms with Crippen LogP contribution in [0.25, 0.3) is 0 Å². The fourth-order valence-electron chi connectivity index (χ4n) is 2.17. The number of nitrogens with two attached hydrogens (primary N) is 1. The first-order valence-corrected chi connectivity index (χ1v) is 7.01. The minimum Gasteiger partial charge on any atom is -0.345 e. The van der Waals surface area contributed by atoms with E-state index in [0.717, 1.165) is 6.42 Å². The number of aryl methyl sites for hydroxylation is 2. The van der Waals surface area contributed by atoms with E-state index in [9.17, 15) is 4.79 Å². The van der Waals surface area contributed by atoms with Crippen molar-refractivity contribution >= 4 is 5.91 Å². The van der Waals surface area contributed by atoms with E-state index in [-0.39, 0.29) is 11.9 Å². The molecule has 1 heterocycles. The van der Waals surface area contributed by atoms with Crippen molar-refractivity contribution in [2.24, 2.45) is 12.8 Å². The summed E-state index contributed by atoms with van der Waals surface area (Å²) in [4.78, 5) is 12.1. The number of rotatable bonds is 6. The van der Waals surface area contributed by atoms with Crippen LogP contribution in [0.1, 0.15) is 30.8 Å². The Bertz CT molecular complexity index is 581. The van der Waals surface area contributed by atoms with E-state index in [0.29, 0.717) is 12.2 Å². The Hall–Kier alpha value is -2.21. The van der Waals surface area contributed by atoms with Crippen LogP contribution in [0.15, 0.2) is 36.7 Å². The van der Waals surface area contributed by atoms with E-state index in [1.807, 2.05) is 44.3 Å². The highest BCUT2D eigenvalue weighted by atomic mass is 16.2. The fraction of sp³-hybridized carbons (Fsp3) is 0.400. The molecule has 2 aromatic rings. The van der Waals surface area contributed by atoms with Crippen LogP contribution in [-0.4, -0.2) is 26.7 Å². The lowest BCUT2D eigenvalue weighted by Crippen LogP contribution is -2.42. The lowest BCUT2D eigenvalue weighted by molar-refractivity contribution is -0.123. The molecule has 1 unspecified atom stereocenters. The van der Waals surface area contributed by atoms with Crippen LogP contribution in [0, 0.1) is 0 Å². The van der Waals surface area contributed by atoms with Gasteiger partial charge in [0.2, 0.25) is 5.91 Å². The van der Waals surface area contributed by atoms with E-state index < -0.39 is 6.04 Å². The van der Waals surface area contributed by atoms with Crippen molar-refractivity contribution < 1.29 is 4.79 Å². The second kappa shape index (κ2) is 6.99. The highest BCUT2D eigenvalue weighted by Crippen LogP contribution is 2.09. The predicted octanol–water partition coefficient (Wildman–Crippen LogP) is 0.952. The minimum absolute atomic E-state index is 0.165. The van der Waals surface area contributed by atoms with E-state index >= 15 is 0 Å². The largest absolute Gasteiger partial charge is 0.345 e. The first-order chi connectivity index (χ1) is 10.1. The van der Waals surface area contributed by atoms with Crippen LogP contribution in [-0.2, 0) is 18.3 Å². The highest BCUT2D eigenvalue weighted by Gasteiger charge is 2.18.